The molecule has 66 valence electrons. The van der Waals surface area contributed by atoms with Gasteiger partial charge in [-0.05, 0) is 24.2 Å². The van der Waals surface area contributed by atoms with Gasteiger partial charge < -0.3 is 4.90 Å². The van der Waals surface area contributed by atoms with Gasteiger partial charge in [-0.1, -0.05) is 4.68 Å². The summed E-state index contributed by atoms with van der Waals surface area (Å²) in [5.41, 5.74) is 0. The zero-order valence-corrected chi connectivity index (χ0v) is 8.39. The van der Waals surface area contributed by atoms with Gasteiger partial charge in [0.15, 0.2) is 7.05 Å². The van der Waals surface area contributed by atoms with Gasteiger partial charge in [0, 0.05) is 25.1 Å². The van der Waals surface area contributed by atoms with Crippen molar-refractivity contribution < 1.29 is 4.68 Å². The summed E-state index contributed by atoms with van der Waals surface area (Å²) in [6.07, 6.45) is 2.64. The lowest BCUT2D eigenvalue weighted by Crippen LogP contribution is -2.33. The van der Waals surface area contributed by atoms with Crippen molar-refractivity contribution in [1.29, 1.82) is 0 Å². The molecule has 1 aliphatic heterocycles. The molecule has 2 rings (SSSR count). The van der Waals surface area contributed by atoms with Gasteiger partial charge in [-0.25, -0.2) is 0 Å². The Bertz CT molecular complexity index is 256. The lowest BCUT2D eigenvalue weighted by Gasteiger charge is -2.09. The van der Waals surface area contributed by atoms with Crippen molar-refractivity contribution in [3.63, 3.8) is 0 Å². The topological polar surface area (TPSA) is 20.0 Å². The second-order valence-corrected chi connectivity index (χ2v) is 4.38. The van der Waals surface area contributed by atoms with Gasteiger partial charge in [-0.15, -0.1) is 0 Å². The Labute approximate surface area is 76.6 Å². The molecular formula is C8H14N3S+. The molecule has 0 saturated carbocycles. The van der Waals surface area contributed by atoms with E-state index in [4.69, 9.17) is 0 Å². The highest BCUT2D eigenvalue weighted by atomic mass is 32.1. The molecule has 1 aromatic rings. The van der Waals surface area contributed by atoms with Gasteiger partial charge in [0.05, 0.1) is 0 Å². The van der Waals surface area contributed by atoms with Gasteiger partial charge >= 0.3 is 0 Å². The SMILES string of the molecule is Cc1sc(N2CCCC2)n[n+]1C. The molecule has 0 bridgehead atoms. The normalized spacial score (nSPS) is 17.3. The second kappa shape index (κ2) is 3.01. The third-order valence-electron chi connectivity index (χ3n) is 2.31. The van der Waals surface area contributed by atoms with Gasteiger partial charge in [0.1, 0.15) is 0 Å². The molecule has 0 unspecified atom stereocenters. The van der Waals surface area contributed by atoms with Crippen LogP contribution in [0.15, 0.2) is 0 Å². The Morgan fingerprint density at radius 2 is 2.08 bits per heavy atom. The van der Waals surface area contributed by atoms with E-state index in [1.165, 1.54) is 36.1 Å². The van der Waals surface area contributed by atoms with Crippen LogP contribution in [0.3, 0.4) is 0 Å². The Balaban J connectivity index is 2.21. The van der Waals surface area contributed by atoms with Gasteiger partial charge in [-0.3, -0.25) is 0 Å². The molecule has 0 radical (unpaired) electrons. The van der Waals surface area contributed by atoms with Crippen molar-refractivity contribution in [1.82, 2.24) is 5.10 Å². The lowest BCUT2D eigenvalue weighted by atomic mass is 10.4. The zero-order valence-electron chi connectivity index (χ0n) is 7.58. The predicted molar refractivity (Wildman–Crippen MR) is 49.5 cm³/mol. The van der Waals surface area contributed by atoms with Crippen LogP contribution in [-0.2, 0) is 7.05 Å². The minimum Gasteiger partial charge on any atom is -0.343 e. The molecule has 0 amide bonds. The average Bonchev–Trinajstić information content (AvgIpc) is 2.61. The summed E-state index contributed by atoms with van der Waals surface area (Å²) in [7, 11) is 2.01. The van der Waals surface area contributed by atoms with Crippen molar-refractivity contribution in [3.05, 3.63) is 5.01 Å². The van der Waals surface area contributed by atoms with Crippen molar-refractivity contribution in [2.45, 2.75) is 19.8 Å². The highest BCUT2D eigenvalue weighted by molar-refractivity contribution is 7.14. The monoisotopic (exact) mass is 184 g/mol. The molecule has 4 heteroatoms. The molecular weight excluding hydrogens is 170 g/mol. The highest BCUT2D eigenvalue weighted by Crippen LogP contribution is 2.22. The highest BCUT2D eigenvalue weighted by Gasteiger charge is 2.20. The third kappa shape index (κ3) is 1.31. The van der Waals surface area contributed by atoms with Crippen LogP contribution in [0.1, 0.15) is 17.8 Å². The Kier molecular flexibility index (Phi) is 2.00. The van der Waals surface area contributed by atoms with Gasteiger partial charge in [-0.2, -0.15) is 0 Å². The standard InChI is InChI=1S/C8H14N3S/c1-7-10(2)9-8(12-7)11-5-3-4-6-11/h3-6H2,1-2H3/q+1. The van der Waals surface area contributed by atoms with Crippen LogP contribution in [0, 0.1) is 6.92 Å². The van der Waals surface area contributed by atoms with Crippen LogP contribution in [0.5, 0.6) is 0 Å². The van der Waals surface area contributed by atoms with Crippen molar-refractivity contribution >= 4 is 16.5 Å². The molecule has 3 nitrogen and oxygen atoms in total. The molecule has 0 atom stereocenters. The van der Waals surface area contributed by atoms with Crippen LogP contribution >= 0.6 is 11.3 Å². The maximum Gasteiger partial charge on any atom is 0.263 e. The fourth-order valence-electron chi connectivity index (χ4n) is 1.45. The molecule has 0 aliphatic carbocycles. The molecule has 0 spiro atoms. The van der Waals surface area contributed by atoms with E-state index in [0.29, 0.717) is 0 Å². The summed E-state index contributed by atoms with van der Waals surface area (Å²) in [5, 5.41) is 6.92. The zero-order chi connectivity index (χ0) is 8.55. The van der Waals surface area contributed by atoms with E-state index in [0.717, 1.165) is 0 Å². The van der Waals surface area contributed by atoms with Gasteiger partial charge in [0.2, 0.25) is 0 Å². The summed E-state index contributed by atoms with van der Waals surface area (Å²) in [4.78, 5) is 2.37. The average molecular weight is 184 g/mol. The van der Waals surface area contributed by atoms with E-state index in [9.17, 15) is 0 Å². The predicted octanol–water partition coefficient (Wildman–Crippen LogP) is 0.876. The van der Waals surface area contributed by atoms with E-state index in [2.05, 4.69) is 16.9 Å². The molecule has 1 fully saturated rings. The smallest absolute Gasteiger partial charge is 0.263 e. The van der Waals surface area contributed by atoms with Crippen LogP contribution in [0.4, 0.5) is 5.13 Å². The third-order valence-corrected chi connectivity index (χ3v) is 3.39. The first-order valence-corrected chi connectivity index (χ1v) is 5.18. The minimum absolute atomic E-state index is 1.19. The Hall–Kier alpha value is -0.640. The molecule has 1 saturated heterocycles. The summed E-state index contributed by atoms with van der Waals surface area (Å²) in [6, 6.07) is 0. The number of anilines is 1. The van der Waals surface area contributed by atoms with Gasteiger partial charge in [0.25, 0.3) is 10.1 Å². The maximum atomic E-state index is 4.45. The number of rotatable bonds is 1. The van der Waals surface area contributed by atoms with Crippen molar-refractivity contribution in [2.75, 3.05) is 18.0 Å². The largest absolute Gasteiger partial charge is 0.343 e. The molecule has 0 aromatic carbocycles. The quantitative estimate of drug-likeness (QED) is 0.604. The molecule has 12 heavy (non-hydrogen) atoms. The molecule has 2 heterocycles. The van der Waals surface area contributed by atoms with Crippen LogP contribution in [-0.4, -0.2) is 18.2 Å². The number of hydrogen-bond acceptors (Lipinski definition) is 3. The number of aromatic nitrogens is 2. The molecule has 0 N–H and O–H groups in total. The number of nitrogens with zero attached hydrogens (tertiary/aromatic N) is 3. The van der Waals surface area contributed by atoms with Crippen LogP contribution in [0.2, 0.25) is 0 Å². The van der Waals surface area contributed by atoms with E-state index in [-0.39, 0.29) is 0 Å². The summed E-state index contributed by atoms with van der Waals surface area (Å²) in [5.74, 6) is 0. The van der Waals surface area contributed by atoms with E-state index in [1.54, 1.807) is 11.3 Å². The fraction of sp³-hybridized carbons (Fsp3) is 0.750. The van der Waals surface area contributed by atoms with E-state index >= 15 is 0 Å². The Morgan fingerprint density at radius 3 is 2.58 bits per heavy atom. The van der Waals surface area contributed by atoms with E-state index in [1.807, 2.05) is 11.7 Å². The first-order valence-electron chi connectivity index (χ1n) is 4.36. The van der Waals surface area contributed by atoms with Crippen LogP contribution < -0.4 is 9.58 Å². The number of hydrogen-bond donors (Lipinski definition) is 0. The molecule has 1 aromatic heterocycles. The first kappa shape index (κ1) is 7.98. The summed E-state index contributed by atoms with van der Waals surface area (Å²) < 4.78 is 1.96. The second-order valence-electron chi connectivity index (χ2n) is 3.22. The molecule has 1 aliphatic rings. The fourth-order valence-corrected chi connectivity index (χ4v) is 2.37. The Morgan fingerprint density at radius 1 is 1.42 bits per heavy atom. The maximum absolute atomic E-state index is 4.45. The van der Waals surface area contributed by atoms with Crippen molar-refractivity contribution in [3.8, 4) is 0 Å². The lowest BCUT2D eigenvalue weighted by molar-refractivity contribution is -0.729. The first-order chi connectivity index (χ1) is 5.77. The van der Waals surface area contributed by atoms with E-state index < -0.39 is 0 Å². The van der Waals surface area contributed by atoms with Crippen LogP contribution in [0.25, 0.3) is 0 Å². The van der Waals surface area contributed by atoms with Crippen molar-refractivity contribution in [2.24, 2.45) is 7.05 Å². The summed E-state index contributed by atoms with van der Waals surface area (Å²) in [6.45, 7) is 4.48. The minimum atomic E-state index is 1.19. The summed E-state index contributed by atoms with van der Waals surface area (Å²) >= 11 is 1.79. The number of aryl methyl sites for hydroxylation is 2.